The van der Waals surface area contributed by atoms with E-state index in [4.69, 9.17) is 4.74 Å². The molecule has 1 heterocycles. The first kappa shape index (κ1) is 22.1. The van der Waals surface area contributed by atoms with Crippen LogP contribution in [0.25, 0.3) is 17.3 Å². The largest absolute Gasteiger partial charge is 0.512 e. The van der Waals surface area contributed by atoms with Crippen molar-refractivity contribution in [1.29, 1.82) is 0 Å². The molecule has 0 unspecified atom stereocenters. The molecule has 3 rings (SSSR count). The molecule has 1 aromatic heterocycles. The minimum Gasteiger partial charge on any atom is -0.512 e. The first-order valence-electron chi connectivity index (χ1n) is 10.4. The molecular formula is C26H28N2O3. The number of hydrogen-bond donors (Lipinski definition) is 1. The van der Waals surface area contributed by atoms with Gasteiger partial charge in [0.25, 0.3) is 0 Å². The number of benzene rings is 2. The molecule has 0 amide bonds. The Morgan fingerprint density at radius 2 is 1.84 bits per heavy atom. The molecular weight excluding hydrogens is 388 g/mol. The van der Waals surface area contributed by atoms with Crippen molar-refractivity contribution in [3.63, 3.8) is 0 Å². The number of hydrogen-bond acceptors (Lipinski definition) is 4. The van der Waals surface area contributed by atoms with Crippen LogP contribution in [0.3, 0.4) is 0 Å². The van der Waals surface area contributed by atoms with Gasteiger partial charge in [0.15, 0.2) is 0 Å². The van der Waals surface area contributed by atoms with Crippen LogP contribution >= 0.6 is 0 Å². The first-order valence-corrected chi connectivity index (χ1v) is 10.4. The fourth-order valence-electron chi connectivity index (χ4n) is 3.54. The zero-order valence-electron chi connectivity index (χ0n) is 18.6. The third kappa shape index (κ3) is 4.61. The van der Waals surface area contributed by atoms with Gasteiger partial charge in [-0.15, -0.1) is 0 Å². The SMILES string of the molecule is C/C=C\c1c(CC)c(C(C)=C(C)O)nc(=O)n1-c1ccc(Oc2ccccc2)cc1C. The summed E-state index contributed by atoms with van der Waals surface area (Å²) in [5.41, 5.74) is 4.07. The summed E-state index contributed by atoms with van der Waals surface area (Å²) in [5, 5.41) is 9.99. The second kappa shape index (κ2) is 9.47. The van der Waals surface area contributed by atoms with Crippen LogP contribution in [0.5, 0.6) is 11.5 Å². The average Bonchev–Trinajstić information content (AvgIpc) is 2.75. The Bertz CT molecular complexity index is 1200. The predicted molar refractivity (Wildman–Crippen MR) is 126 cm³/mol. The van der Waals surface area contributed by atoms with Gasteiger partial charge in [0, 0.05) is 11.1 Å². The van der Waals surface area contributed by atoms with Crippen LogP contribution in [-0.4, -0.2) is 14.7 Å². The smallest absolute Gasteiger partial charge is 0.353 e. The summed E-state index contributed by atoms with van der Waals surface area (Å²) >= 11 is 0. The van der Waals surface area contributed by atoms with E-state index in [0.717, 1.165) is 28.3 Å². The van der Waals surface area contributed by atoms with Crippen LogP contribution in [-0.2, 0) is 6.42 Å². The van der Waals surface area contributed by atoms with E-state index in [1.807, 2.05) is 81.5 Å². The van der Waals surface area contributed by atoms with Gasteiger partial charge in [0.2, 0.25) is 0 Å². The van der Waals surface area contributed by atoms with Gasteiger partial charge in [-0.1, -0.05) is 31.2 Å². The Morgan fingerprint density at radius 3 is 2.42 bits per heavy atom. The summed E-state index contributed by atoms with van der Waals surface area (Å²) in [6, 6.07) is 15.2. The van der Waals surface area contributed by atoms with E-state index in [-0.39, 0.29) is 11.4 Å². The molecule has 0 aliphatic heterocycles. The molecule has 0 fully saturated rings. The molecule has 0 saturated heterocycles. The van der Waals surface area contributed by atoms with Crippen molar-refractivity contribution >= 4 is 11.6 Å². The second-order valence-electron chi connectivity index (χ2n) is 7.37. The topological polar surface area (TPSA) is 64.4 Å². The number of aliphatic hydroxyl groups is 1. The van der Waals surface area contributed by atoms with Gasteiger partial charge in [-0.05, 0) is 76.1 Å². The molecule has 5 heteroatoms. The summed E-state index contributed by atoms with van der Waals surface area (Å²) < 4.78 is 7.56. The Balaban J connectivity index is 2.18. The third-order valence-corrected chi connectivity index (χ3v) is 5.20. The lowest BCUT2D eigenvalue weighted by molar-refractivity contribution is 0.416. The number of aliphatic hydroxyl groups excluding tert-OH is 1. The molecule has 0 atom stereocenters. The normalized spacial score (nSPS) is 12.2. The molecule has 0 spiro atoms. The van der Waals surface area contributed by atoms with E-state index < -0.39 is 0 Å². The number of allylic oxidation sites excluding steroid dienone is 3. The lowest BCUT2D eigenvalue weighted by Crippen LogP contribution is -2.27. The van der Waals surface area contributed by atoms with E-state index in [2.05, 4.69) is 4.98 Å². The minimum atomic E-state index is -0.388. The quantitative estimate of drug-likeness (QED) is 0.483. The molecule has 3 aromatic rings. The number of aryl methyl sites for hydroxylation is 1. The molecule has 0 radical (unpaired) electrons. The number of para-hydroxylation sites is 1. The van der Waals surface area contributed by atoms with Gasteiger partial charge in [-0.3, -0.25) is 4.57 Å². The van der Waals surface area contributed by atoms with Gasteiger partial charge in [0.1, 0.15) is 11.5 Å². The summed E-state index contributed by atoms with van der Waals surface area (Å²) in [5.74, 6) is 1.61. The summed E-state index contributed by atoms with van der Waals surface area (Å²) in [7, 11) is 0. The fraction of sp³-hybridized carbons (Fsp3) is 0.231. The highest BCUT2D eigenvalue weighted by atomic mass is 16.5. The van der Waals surface area contributed by atoms with Gasteiger partial charge in [-0.2, -0.15) is 4.98 Å². The van der Waals surface area contributed by atoms with Crippen LogP contribution < -0.4 is 10.4 Å². The van der Waals surface area contributed by atoms with Crippen LogP contribution in [0, 0.1) is 6.92 Å². The van der Waals surface area contributed by atoms with Crippen LogP contribution in [0.2, 0.25) is 0 Å². The van der Waals surface area contributed by atoms with Crippen molar-refractivity contribution in [3.05, 3.63) is 93.4 Å². The Labute approximate surface area is 183 Å². The van der Waals surface area contributed by atoms with Crippen LogP contribution in [0.15, 0.2) is 65.2 Å². The van der Waals surface area contributed by atoms with Crippen LogP contribution in [0.4, 0.5) is 0 Å². The molecule has 2 aromatic carbocycles. The molecule has 5 nitrogen and oxygen atoms in total. The summed E-state index contributed by atoms with van der Waals surface area (Å²) in [6.07, 6.45) is 4.49. The monoisotopic (exact) mass is 416 g/mol. The number of aromatic nitrogens is 2. The molecule has 0 saturated carbocycles. The Hall–Kier alpha value is -3.60. The maximum absolute atomic E-state index is 13.1. The number of rotatable bonds is 6. The standard InChI is InChI=1S/C26H28N2O3/c1-6-11-24-22(7-2)25(18(4)19(5)29)27-26(30)28(24)23-15-14-21(16-17(23)3)31-20-12-9-8-10-13-20/h6,8-16,29H,7H2,1-5H3/b11-6-,19-18?. The van der Waals surface area contributed by atoms with E-state index >= 15 is 0 Å². The van der Waals surface area contributed by atoms with Crippen molar-refractivity contribution in [1.82, 2.24) is 9.55 Å². The zero-order valence-corrected chi connectivity index (χ0v) is 18.6. The average molecular weight is 417 g/mol. The van der Waals surface area contributed by atoms with Crippen molar-refractivity contribution < 1.29 is 9.84 Å². The first-order chi connectivity index (χ1) is 14.9. The summed E-state index contributed by atoms with van der Waals surface area (Å²) in [6.45, 7) is 9.26. The Kier molecular flexibility index (Phi) is 6.75. The number of nitrogens with zero attached hydrogens (tertiary/aromatic N) is 2. The molecule has 0 aliphatic rings. The molecule has 160 valence electrons. The van der Waals surface area contributed by atoms with E-state index in [1.54, 1.807) is 18.4 Å². The summed E-state index contributed by atoms with van der Waals surface area (Å²) in [4.78, 5) is 17.5. The highest BCUT2D eigenvalue weighted by Crippen LogP contribution is 2.28. The second-order valence-corrected chi connectivity index (χ2v) is 7.37. The highest BCUT2D eigenvalue weighted by Gasteiger charge is 2.19. The maximum Gasteiger partial charge on any atom is 0.353 e. The van der Waals surface area contributed by atoms with E-state index in [0.29, 0.717) is 23.4 Å². The predicted octanol–water partition coefficient (Wildman–Crippen LogP) is 6.24. The van der Waals surface area contributed by atoms with Crippen molar-refractivity contribution in [3.8, 4) is 17.2 Å². The van der Waals surface area contributed by atoms with Crippen molar-refractivity contribution in [2.45, 2.75) is 41.0 Å². The number of ether oxygens (including phenoxy) is 1. The van der Waals surface area contributed by atoms with Gasteiger partial charge in [0.05, 0.1) is 22.8 Å². The van der Waals surface area contributed by atoms with Crippen molar-refractivity contribution in [2.75, 3.05) is 0 Å². The Morgan fingerprint density at radius 1 is 1.13 bits per heavy atom. The third-order valence-electron chi connectivity index (χ3n) is 5.20. The highest BCUT2D eigenvalue weighted by molar-refractivity contribution is 5.69. The van der Waals surface area contributed by atoms with Gasteiger partial charge < -0.3 is 9.84 Å². The van der Waals surface area contributed by atoms with E-state index in [9.17, 15) is 9.90 Å². The molecule has 1 N–H and O–H groups in total. The maximum atomic E-state index is 13.1. The fourth-order valence-corrected chi connectivity index (χ4v) is 3.54. The lowest BCUT2D eigenvalue weighted by Gasteiger charge is -2.19. The molecule has 0 bridgehead atoms. The lowest BCUT2D eigenvalue weighted by atomic mass is 10.0. The zero-order chi connectivity index (χ0) is 22.5. The van der Waals surface area contributed by atoms with Gasteiger partial charge >= 0.3 is 5.69 Å². The van der Waals surface area contributed by atoms with Crippen LogP contribution in [0.1, 0.15) is 50.2 Å². The van der Waals surface area contributed by atoms with Gasteiger partial charge in [-0.25, -0.2) is 4.79 Å². The minimum absolute atomic E-state index is 0.157. The molecule has 0 aliphatic carbocycles. The van der Waals surface area contributed by atoms with Crippen molar-refractivity contribution in [2.24, 2.45) is 0 Å². The van der Waals surface area contributed by atoms with E-state index in [1.165, 1.54) is 0 Å². The molecule has 31 heavy (non-hydrogen) atoms.